The molecule has 1 aromatic carbocycles. The van der Waals surface area contributed by atoms with Crippen LogP contribution in [0, 0.1) is 0 Å². The Morgan fingerprint density at radius 1 is 1.11 bits per heavy atom. The smallest absolute Gasteiger partial charge is 0.262 e. The summed E-state index contributed by atoms with van der Waals surface area (Å²) in [6, 6.07) is 4.19. The average molecular weight is 369 g/mol. The summed E-state index contributed by atoms with van der Waals surface area (Å²) in [4.78, 5) is 52.3. The quantitative estimate of drug-likeness (QED) is 0.259. The van der Waals surface area contributed by atoms with Crippen molar-refractivity contribution in [3.8, 4) is 0 Å². The van der Waals surface area contributed by atoms with E-state index in [1.807, 2.05) is 6.07 Å². The predicted octanol–water partition coefficient (Wildman–Crippen LogP) is 2.11. The number of nitrogens with one attached hydrogen (secondary N) is 1. The Morgan fingerprint density at radius 3 is 2.63 bits per heavy atom. The minimum absolute atomic E-state index is 0.102. The van der Waals surface area contributed by atoms with E-state index in [2.05, 4.69) is 15.3 Å². The Morgan fingerprint density at radius 2 is 1.89 bits per heavy atom. The Kier molecular flexibility index (Phi) is 5.52. The van der Waals surface area contributed by atoms with Gasteiger partial charge in [0.25, 0.3) is 11.8 Å². The number of hydrogen-bond donors (Lipinski definition) is 1. The molecular formula is C18H19N5O4. The summed E-state index contributed by atoms with van der Waals surface area (Å²) in [6.07, 6.45) is 3.56. The molecule has 2 aliphatic heterocycles. The van der Waals surface area contributed by atoms with Gasteiger partial charge in [0.1, 0.15) is 6.04 Å². The van der Waals surface area contributed by atoms with Gasteiger partial charge in [-0.25, -0.2) is 0 Å². The summed E-state index contributed by atoms with van der Waals surface area (Å²) in [5.41, 5.74) is 9.76. The van der Waals surface area contributed by atoms with Crippen molar-refractivity contribution in [2.45, 2.75) is 44.6 Å². The highest BCUT2D eigenvalue weighted by atomic mass is 16.2. The van der Waals surface area contributed by atoms with Crippen LogP contribution in [0.25, 0.3) is 10.4 Å². The zero-order valence-corrected chi connectivity index (χ0v) is 14.7. The predicted molar refractivity (Wildman–Crippen MR) is 94.7 cm³/mol. The molecule has 27 heavy (non-hydrogen) atoms. The summed E-state index contributed by atoms with van der Waals surface area (Å²) < 4.78 is 0. The first-order valence-corrected chi connectivity index (χ1v) is 8.88. The maximum Gasteiger partial charge on any atom is 0.262 e. The van der Waals surface area contributed by atoms with Crippen LogP contribution in [0.5, 0.6) is 0 Å². The summed E-state index contributed by atoms with van der Waals surface area (Å²) in [7, 11) is 0. The van der Waals surface area contributed by atoms with Gasteiger partial charge in [-0.3, -0.25) is 29.4 Å². The number of aryl methyl sites for hydroxylation is 1. The van der Waals surface area contributed by atoms with E-state index < -0.39 is 29.7 Å². The topological polar surface area (TPSA) is 132 Å². The van der Waals surface area contributed by atoms with Gasteiger partial charge < -0.3 is 0 Å². The minimum atomic E-state index is -0.945. The monoisotopic (exact) mass is 369 g/mol. The van der Waals surface area contributed by atoms with Crippen molar-refractivity contribution in [3.05, 3.63) is 45.3 Å². The van der Waals surface area contributed by atoms with Crippen molar-refractivity contribution in [1.29, 1.82) is 0 Å². The number of hydrogen-bond acceptors (Lipinski definition) is 5. The van der Waals surface area contributed by atoms with Crippen LogP contribution >= 0.6 is 0 Å². The second-order valence-corrected chi connectivity index (χ2v) is 6.59. The molecule has 0 spiro atoms. The Labute approximate surface area is 155 Å². The van der Waals surface area contributed by atoms with Gasteiger partial charge in [0.2, 0.25) is 11.8 Å². The summed E-state index contributed by atoms with van der Waals surface area (Å²) in [6.45, 7) is 0.467. The van der Waals surface area contributed by atoms with E-state index in [0.29, 0.717) is 12.1 Å². The van der Waals surface area contributed by atoms with Crippen LogP contribution in [-0.4, -0.2) is 41.1 Å². The summed E-state index contributed by atoms with van der Waals surface area (Å²) in [5, 5.41) is 5.66. The van der Waals surface area contributed by atoms with Crippen LogP contribution in [0.3, 0.4) is 0 Å². The van der Waals surface area contributed by atoms with E-state index in [-0.39, 0.29) is 18.4 Å². The van der Waals surface area contributed by atoms with Crippen LogP contribution in [0.4, 0.5) is 0 Å². The van der Waals surface area contributed by atoms with Gasteiger partial charge in [-0.15, -0.1) is 0 Å². The third-order valence-corrected chi connectivity index (χ3v) is 4.79. The zero-order chi connectivity index (χ0) is 19.4. The number of nitrogens with zero attached hydrogens (tertiary/aromatic N) is 4. The van der Waals surface area contributed by atoms with Crippen molar-refractivity contribution < 1.29 is 19.2 Å². The number of carbonyl (C=O) groups excluding carboxylic acids is 4. The maximum absolute atomic E-state index is 12.7. The third kappa shape index (κ3) is 3.83. The van der Waals surface area contributed by atoms with Crippen molar-refractivity contribution in [1.82, 2.24) is 10.2 Å². The molecule has 1 aromatic rings. The highest BCUT2D eigenvalue weighted by molar-refractivity contribution is 6.23. The van der Waals surface area contributed by atoms with Gasteiger partial charge in [-0.05, 0) is 48.9 Å². The fraction of sp³-hybridized carbons (Fsp3) is 0.444. The van der Waals surface area contributed by atoms with Crippen LogP contribution in [0.15, 0.2) is 23.3 Å². The number of rotatable bonds is 7. The van der Waals surface area contributed by atoms with Crippen LogP contribution in [-0.2, 0) is 16.0 Å². The molecule has 0 aliphatic carbocycles. The fourth-order valence-electron chi connectivity index (χ4n) is 3.41. The molecule has 4 amide bonds. The summed E-state index contributed by atoms with van der Waals surface area (Å²) >= 11 is 0. The van der Waals surface area contributed by atoms with Gasteiger partial charge in [0, 0.05) is 17.9 Å². The number of azide groups is 1. The SMILES string of the molecule is [N-]=[N+]=NCCCCCc1ccc2c(c1)C(=O)N(C1CCC(=O)NC1=O)C2=O. The molecule has 2 aliphatic rings. The number of fused-ring (bicyclic) bond motifs is 1. The van der Waals surface area contributed by atoms with E-state index >= 15 is 0 Å². The molecular weight excluding hydrogens is 350 g/mol. The van der Waals surface area contributed by atoms with Crippen LogP contribution < -0.4 is 5.32 Å². The van der Waals surface area contributed by atoms with E-state index in [4.69, 9.17) is 5.53 Å². The van der Waals surface area contributed by atoms with E-state index in [0.717, 1.165) is 36.1 Å². The molecule has 0 bridgehead atoms. The molecule has 3 rings (SSSR count). The number of carbonyl (C=O) groups is 4. The van der Waals surface area contributed by atoms with Crippen molar-refractivity contribution in [2.24, 2.45) is 5.11 Å². The number of piperidine rings is 1. The van der Waals surface area contributed by atoms with E-state index in [1.54, 1.807) is 12.1 Å². The molecule has 9 heteroatoms. The lowest BCUT2D eigenvalue weighted by atomic mass is 10.0. The standard InChI is InChI=1S/C18H19N5O4/c19-22-20-9-3-1-2-4-11-5-6-12-13(10-11)18(27)23(17(12)26)14-7-8-15(24)21-16(14)25/h5-6,10,14H,1-4,7-9H2,(H,21,24,25). The largest absolute Gasteiger partial charge is 0.295 e. The van der Waals surface area contributed by atoms with Gasteiger partial charge in [0.05, 0.1) is 11.1 Å². The number of unbranched alkanes of at least 4 members (excludes halogenated alkanes) is 2. The minimum Gasteiger partial charge on any atom is -0.295 e. The Hall–Kier alpha value is -3.19. The first-order valence-electron chi connectivity index (χ1n) is 8.88. The molecule has 1 N–H and O–H groups in total. The normalized spacial score (nSPS) is 19.0. The number of imide groups is 2. The fourth-order valence-corrected chi connectivity index (χ4v) is 3.41. The van der Waals surface area contributed by atoms with Gasteiger partial charge in [-0.1, -0.05) is 17.6 Å². The highest BCUT2D eigenvalue weighted by Crippen LogP contribution is 2.28. The molecule has 0 aromatic heterocycles. The lowest BCUT2D eigenvalue weighted by Crippen LogP contribution is -2.54. The molecule has 1 atom stereocenters. The Bertz CT molecular complexity index is 859. The maximum atomic E-state index is 12.7. The number of benzene rings is 1. The lowest BCUT2D eigenvalue weighted by molar-refractivity contribution is -0.136. The molecule has 0 saturated carbocycles. The first-order chi connectivity index (χ1) is 13.0. The lowest BCUT2D eigenvalue weighted by Gasteiger charge is -2.27. The molecule has 1 saturated heterocycles. The van der Waals surface area contributed by atoms with Crippen LogP contribution in [0.2, 0.25) is 0 Å². The van der Waals surface area contributed by atoms with E-state index in [1.165, 1.54) is 0 Å². The van der Waals surface area contributed by atoms with Gasteiger partial charge in [-0.2, -0.15) is 0 Å². The van der Waals surface area contributed by atoms with E-state index in [9.17, 15) is 19.2 Å². The highest BCUT2D eigenvalue weighted by Gasteiger charge is 2.44. The molecule has 0 radical (unpaired) electrons. The molecule has 9 nitrogen and oxygen atoms in total. The third-order valence-electron chi connectivity index (χ3n) is 4.79. The summed E-state index contributed by atoms with van der Waals surface area (Å²) in [5.74, 6) is -1.99. The van der Waals surface area contributed by atoms with Gasteiger partial charge >= 0.3 is 0 Å². The van der Waals surface area contributed by atoms with Crippen LogP contribution in [0.1, 0.15) is 58.4 Å². The molecule has 2 heterocycles. The first kappa shape index (κ1) is 18.6. The van der Waals surface area contributed by atoms with Crippen molar-refractivity contribution in [3.63, 3.8) is 0 Å². The second kappa shape index (κ2) is 8.01. The second-order valence-electron chi connectivity index (χ2n) is 6.59. The number of amides is 4. The van der Waals surface area contributed by atoms with Crippen molar-refractivity contribution >= 4 is 23.6 Å². The molecule has 140 valence electrons. The molecule has 1 unspecified atom stereocenters. The molecule has 1 fully saturated rings. The van der Waals surface area contributed by atoms with Crippen molar-refractivity contribution in [2.75, 3.05) is 6.54 Å². The Balaban J connectivity index is 1.68. The average Bonchev–Trinajstić information content (AvgIpc) is 2.89. The zero-order valence-electron chi connectivity index (χ0n) is 14.7. The van der Waals surface area contributed by atoms with Gasteiger partial charge in [0.15, 0.2) is 0 Å².